The van der Waals surface area contributed by atoms with E-state index in [9.17, 15) is 18.0 Å². The maximum atomic E-state index is 12.3. The van der Waals surface area contributed by atoms with Crippen molar-refractivity contribution >= 4 is 27.7 Å². The van der Waals surface area contributed by atoms with E-state index in [1.807, 2.05) is 6.92 Å². The SMILES string of the molecule is CCc1nc(-c2ccc(SC(F)(F)F)cc2)[nH]c(=O)c1Br. The number of nitrogens with zero attached hydrogens (tertiary/aromatic N) is 1. The fourth-order valence-electron chi connectivity index (χ4n) is 1.69. The van der Waals surface area contributed by atoms with E-state index >= 15 is 0 Å². The van der Waals surface area contributed by atoms with E-state index in [0.717, 1.165) is 0 Å². The lowest BCUT2D eigenvalue weighted by atomic mass is 10.2. The fraction of sp³-hybridized carbons (Fsp3) is 0.231. The number of benzene rings is 1. The number of hydrogen-bond acceptors (Lipinski definition) is 3. The number of H-pyrrole nitrogens is 1. The number of thioether (sulfide) groups is 1. The van der Waals surface area contributed by atoms with Crippen molar-refractivity contribution in [3.05, 3.63) is 44.8 Å². The second-order valence-corrected chi connectivity index (χ2v) is 6.03. The van der Waals surface area contributed by atoms with Gasteiger partial charge in [0.05, 0.1) is 5.69 Å². The van der Waals surface area contributed by atoms with Gasteiger partial charge in [-0.15, -0.1) is 0 Å². The minimum Gasteiger partial charge on any atom is -0.306 e. The van der Waals surface area contributed by atoms with Crippen LogP contribution in [0.3, 0.4) is 0 Å². The van der Waals surface area contributed by atoms with E-state index in [1.165, 1.54) is 24.3 Å². The van der Waals surface area contributed by atoms with Gasteiger partial charge in [0.15, 0.2) is 0 Å². The minimum absolute atomic E-state index is 0.0847. The Bertz CT molecular complexity index is 698. The fourth-order valence-corrected chi connectivity index (χ4v) is 2.70. The Morgan fingerprint density at radius 1 is 1.29 bits per heavy atom. The lowest BCUT2D eigenvalue weighted by Gasteiger charge is -2.07. The number of aryl methyl sites for hydroxylation is 1. The van der Waals surface area contributed by atoms with Crippen LogP contribution in [0.1, 0.15) is 12.6 Å². The highest BCUT2D eigenvalue weighted by molar-refractivity contribution is 9.10. The van der Waals surface area contributed by atoms with Crippen molar-refractivity contribution in [2.24, 2.45) is 0 Å². The highest BCUT2D eigenvalue weighted by Gasteiger charge is 2.29. The van der Waals surface area contributed by atoms with Gasteiger partial charge in [0.1, 0.15) is 10.3 Å². The molecule has 1 aromatic heterocycles. The first-order valence-corrected chi connectivity index (χ1v) is 7.56. The van der Waals surface area contributed by atoms with E-state index in [2.05, 4.69) is 25.9 Å². The lowest BCUT2D eigenvalue weighted by Crippen LogP contribution is -2.13. The highest BCUT2D eigenvalue weighted by atomic mass is 79.9. The molecular formula is C13H10BrF3N2OS. The van der Waals surface area contributed by atoms with Crippen LogP contribution in [0, 0.1) is 0 Å². The van der Waals surface area contributed by atoms with Crippen molar-refractivity contribution in [2.75, 3.05) is 0 Å². The standard InChI is InChI=1S/C13H10BrF3N2OS/c1-2-9-10(14)12(20)19-11(18-9)7-3-5-8(6-4-7)21-13(15,16)17/h3-6H,2H2,1H3,(H,18,19,20). The van der Waals surface area contributed by atoms with Gasteiger partial charge in [-0.1, -0.05) is 19.1 Å². The van der Waals surface area contributed by atoms with Crippen LogP contribution in [0.4, 0.5) is 13.2 Å². The molecule has 0 atom stereocenters. The summed E-state index contributed by atoms with van der Waals surface area (Å²) >= 11 is 2.98. The van der Waals surface area contributed by atoms with E-state index in [4.69, 9.17) is 0 Å². The number of nitrogens with one attached hydrogen (secondary N) is 1. The third-order valence-electron chi connectivity index (χ3n) is 2.63. The molecule has 2 aromatic rings. The maximum Gasteiger partial charge on any atom is 0.446 e. The van der Waals surface area contributed by atoms with E-state index in [-0.39, 0.29) is 22.2 Å². The Morgan fingerprint density at radius 3 is 2.43 bits per heavy atom. The Balaban J connectivity index is 2.35. The zero-order valence-corrected chi connectivity index (χ0v) is 13.2. The Labute approximate surface area is 131 Å². The van der Waals surface area contributed by atoms with Gasteiger partial charge in [-0.05, 0) is 46.2 Å². The molecule has 0 amide bonds. The summed E-state index contributed by atoms with van der Waals surface area (Å²) in [4.78, 5) is 18.7. The molecule has 0 fully saturated rings. The average molecular weight is 379 g/mol. The molecule has 0 aliphatic carbocycles. The number of alkyl halides is 3. The second kappa shape index (κ2) is 6.23. The monoisotopic (exact) mass is 378 g/mol. The molecule has 0 unspecified atom stereocenters. The van der Waals surface area contributed by atoms with Crippen LogP contribution in [0.15, 0.2) is 38.4 Å². The zero-order chi connectivity index (χ0) is 15.6. The normalized spacial score (nSPS) is 11.7. The number of halogens is 4. The Morgan fingerprint density at radius 2 is 1.90 bits per heavy atom. The summed E-state index contributed by atoms with van der Waals surface area (Å²) in [6.45, 7) is 1.86. The third-order valence-corrected chi connectivity index (χ3v) is 4.18. The number of rotatable bonds is 3. The molecule has 0 spiro atoms. The first-order chi connectivity index (χ1) is 9.80. The van der Waals surface area contributed by atoms with Crippen molar-refractivity contribution in [1.29, 1.82) is 0 Å². The lowest BCUT2D eigenvalue weighted by molar-refractivity contribution is -0.0328. The van der Waals surface area contributed by atoms with E-state index in [1.54, 1.807) is 0 Å². The van der Waals surface area contributed by atoms with Gasteiger partial charge in [-0.2, -0.15) is 13.2 Å². The van der Waals surface area contributed by atoms with Gasteiger partial charge in [0, 0.05) is 10.5 Å². The molecule has 2 rings (SSSR count). The average Bonchev–Trinajstić information content (AvgIpc) is 2.41. The van der Waals surface area contributed by atoms with E-state index < -0.39 is 5.51 Å². The summed E-state index contributed by atoms with van der Waals surface area (Å²) in [5.41, 5.74) is -3.48. The Hall–Kier alpha value is -1.28. The first kappa shape index (κ1) is 16.1. The quantitative estimate of drug-likeness (QED) is 0.806. The molecule has 0 aliphatic heterocycles. The first-order valence-electron chi connectivity index (χ1n) is 5.95. The van der Waals surface area contributed by atoms with Crippen molar-refractivity contribution in [2.45, 2.75) is 23.7 Å². The van der Waals surface area contributed by atoms with Crippen LogP contribution in [-0.2, 0) is 6.42 Å². The number of aromatic amines is 1. The van der Waals surface area contributed by atoms with Crippen molar-refractivity contribution in [3.63, 3.8) is 0 Å². The molecule has 3 nitrogen and oxygen atoms in total. The van der Waals surface area contributed by atoms with Crippen LogP contribution in [0.25, 0.3) is 11.4 Å². The van der Waals surface area contributed by atoms with Crippen molar-refractivity contribution < 1.29 is 13.2 Å². The molecule has 112 valence electrons. The van der Waals surface area contributed by atoms with Crippen molar-refractivity contribution in [1.82, 2.24) is 9.97 Å². The van der Waals surface area contributed by atoms with E-state index in [0.29, 0.717) is 28.0 Å². The number of aromatic nitrogens is 2. The molecule has 0 saturated carbocycles. The molecule has 8 heteroatoms. The molecule has 1 heterocycles. The molecule has 0 bridgehead atoms. The van der Waals surface area contributed by atoms with Crippen LogP contribution < -0.4 is 5.56 Å². The summed E-state index contributed by atoms with van der Waals surface area (Å²) < 4.78 is 37.1. The van der Waals surface area contributed by atoms with Crippen molar-refractivity contribution in [3.8, 4) is 11.4 Å². The molecule has 1 N–H and O–H groups in total. The second-order valence-electron chi connectivity index (χ2n) is 4.10. The maximum absolute atomic E-state index is 12.3. The summed E-state index contributed by atoms with van der Waals surface area (Å²) in [6.07, 6.45) is 0.569. The van der Waals surface area contributed by atoms with Gasteiger partial charge >= 0.3 is 5.51 Å². The number of hydrogen-bond donors (Lipinski definition) is 1. The molecule has 1 aromatic carbocycles. The topological polar surface area (TPSA) is 45.8 Å². The van der Waals surface area contributed by atoms with Crippen LogP contribution in [0.5, 0.6) is 0 Å². The summed E-state index contributed by atoms with van der Waals surface area (Å²) in [6, 6.07) is 5.70. The summed E-state index contributed by atoms with van der Waals surface area (Å²) in [5.74, 6) is 0.337. The van der Waals surface area contributed by atoms with Crippen LogP contribution >= 0.6 is 27.7 Å². The van der Waals surface area contributed by atoms with Gasteiger partial charge in [0.2, 0.25) is 0 Å². The molecule has 0 radical (unpaired) electrons. The predicted octanol–water partition coefficient (Wildman–Crippen LogP) is 4.37. The van der Waals surface area contributed by atoms with Gasteiger partial charge < -0.3 is 4.98 Å². The summed E-state index contributed by atoms with van der Waals surface area (Å²) in [7, 11) is 0. The smallest absolute Gasteiger partial charge is 0.306 e. The highest BCUT2D eigenvalue weighted by Crippen LogP contribution is 2.37. The predicted molar refractivity (Wildman–Crippen MR) is 79.3 cm³/mol. The Kier molecular flexibility index (Phi) is 4.77. The van der Waals surface area contributed by atoms with Gasteiger partial charge in [-0.3, -0.25) is 4.79 Å². The summed E-state index contributed by atoms with van der Waals surface area (Å²) in [5, 5.41) is 0. The molecule has 0 aliphatic rings. The molecular weight excluding hydrogens is 369 g/mol. The van der Waals surface area contributed by atoms with Crippen LogP contribution in [0.2, 0.25) is 0 Å². The molecule has 21 heavy (non-hydrogen) atoms. The minimum atomic E-state index is -4.32. The largest absolute Gasteiger partial charge is 0.446 e. The molecule has 0 saturated heterocycles. The zero-order valence-electron chi connectivity index (χ0n) is 10.8. The van der Waals surface area contributed by atoms with Gasteiger partial charge in [-0.25, -0.2) is 4.98 Å². The van der Waals surface area contributed by atoms with Gasteiger partial charge in [0.25, 0.3) is 5.56 Å². The van der Waals surface area contributed by atoms with Crippen LogP contribution in [-0.4, -0.2) is 15.5 Å². The third kappa shape index (κ3) is 4.10.